The van der Waals surface area contributed by atoms with Gasteiger partial charge in [-0.15, -0.1) is 10.2 Å². The number of aryl methyl sites for hydroxylation is 1. The minimum absolute atomic E-state index is 0.614. The third-order valence-electron chi connectivity index (χ3n) is 2.00. The molecule has 2 N–H and O–H groups in total. The van der Waals surface area contributed by atoms with Crippen molar-refractivity contribution in [3.63, 3.8) is 0 Å². The molecule has 4 nitrogen and oxygen atoms in total. The van der Waals surface area contributed by atoms with Crippen LogP contribution in [-0.4, -0.2) is 17.3 Å². The largest absolute Gasteiger partial charge is 0.495 e. The van der Waals surface area contributed by atoms with E-state index in [4.69, 9.17) is 10.5 Å². The van der Waals surface area contributed by atoms with Crippen LogP contribution in [0.5, 0.6) is 5.75 Å². The first-order valence-corrected chi connectivity index (χ1v) is 5.26. The van der Waals surface area contributed by atoms with Gasteiger partial charge in [0.05, 0.1) is 12.8 Å². The van der Waals surface area contributed by atoms with E-state index in [0.717, 1.165) is 15.6 Å². The van der Waals surface area contributed by atoms with Crippen molar-refractivity contribution < 1.29 is 4.74 Å². The maximum atomic E-state index is 5.81. The number of methoxy groups -OCH3 is 1. The lowest BCUT2D eigenvalue weighted by atomic mass is 10.2. The minimum atomic E-state index is 0.614. The SMILES string of the molecule is COc1ccc(-c2nnc(C)s2)cc1N. The monoisotopic (exact) mass is 221 g/mol. The molecule has 15 heavy (non-hydrogen) atoms. The third-order valence-corrected chi connectivity index (χ3v) is 2.89. The third kappa shape index (κ3) is 1.92. The second-order valence-corrected chi connectivity index (χ2v) is 4.26. The zero-order valence-electron chi connectivity index (χ0n) is 8.52. The van der Waals surface area contributed by atoms with Crippen molar-refractivity contribution in [2.24, 2.45) is 0 Å². The normalized spacial score (nSPS) is 10.3. The van der Waals surface area contributed by atoms with E-state index in [2.05, 4.69) is 10.2 Å². The van der Waals surface area contributed by atoms with Gasteiger partial charge < -0.3 is 10.5 Å². The van der Waals surface area contributed by atoms with E-state index in [0.29, 0.717) is 11.4 Å². The predicted octanol–water partition coefficient (Wildman–Crippen LogP) is 2.10. The van der Waals surface area contributed by atoms with E-state index >= 15 is 0 Å². The van der Waals surface area contributed by atoms with Crippen molar-refractivity contribution in [3.8, 4) is 16.3 Å². The summed E-state index contributed by atoms with van der Waals surface area (Å²) in [6, 6.07) is 5.61. The molecule has 0 fully saturated rings. The predicted molar refractivity (Wildman–Crippen MR) is 61.0 cm³/mol. The van der Waals surface area contributed by atoms with E-state index in [1.807, 2.05) is 25.1 Å². The van der Waals surface area contributed by atoms with E-state index in [1.165, 1.54) is 0 Å². The summed E-state index contributed by atoms with van der Waals surface area (Å²) < 4.78 is 5.08. The lowest BCUT2D eigenvalue weighted by Gasteiger charge is -2.04. The van der Waals surface area contributed by atoms with Crippen molar-refractivity contribution >= 4 is 17.0 Å². The van der Waals surface area contributed by atoms with Crippen molar-refractivity contribution in [2.75, 3.05) is 12.8 Å². The second kappa shape index (κ2) is 3.86. The molecule has 1 aromatic carbocycles. The number of nitrogen functional groups attached to an aromatic ring is 1. The molecule has 0 saturated heterocycles. The van der Waals surface area contributed by atoms with Crippen LogP contribution in [0.15, 0.2) is 18.2 Å². The van der Waals surface area contributed by atoms with Crippen LogP contribution in [0.2, 0.25) is 0 Å². The summed E-state index contributed by atoms with van der Waals surface area (Å²) in [4.78, 5) is 0. The lowest BCUT2D eigenvalue weighted by Crippen LogP contribution is -1.92. The summed E-state index contributed by atoms with van der Waals surface area (Å²) >= 11 is 1.54. The molecule has 0 bridgehead atoms. The number of nitrogens with zero attached hydrogens (tertiary/aromatic N) is 2. The lowest BCUT2D eigenvalue weighted by molar-refractivity contribution is 0.417. The fourth-order valence-corrected chi connectivity index (χ4v) is 1.97. The highest BCUT2D eigenvalue weighted by molar-refractivity contribution is 7.14. The molecule has 0 amide bonds. The Morgan fingerprint density at radius 1 is 1.33 bits per heavy atom. The smallest absolute Gasteiger partial charge is 0.147 e. The number of ether oxygens (including phenoxy) is 1. The van der Waals surface area contributed by atoms with Gasteiger partial charge in [-0.05, 0) is 25.1 Å². The second-order valence-electron chi connectivity index (χ2n) is 3.08. The Hall–Kier alpha value is -1.62. The zero-order chi connectivity index (χ0) is 10.8. The number of benzene rings is 1. The molecule has 2 rings (SSSR count). The summed E-state index contributed by atoms with van der Waals surface area (Å²) in [6.45, 7) is 1.92. The van der Waals surface area contributed by atoms with Crippen LogP contribution in [-0.2, 0) is 0 Å². The van der Waals surface area contributed by atoms with E-state index < -0.39 is 0 Å². The van der Waals surface area contributed by atoms with Gasteiger partial charge in [-0.3, -0.25) is 0 Å². The molecular weight excluding hydrogens is 210 g/mol. The average molecular weight is 221 g/mol. The van der Waals surface area contributed by atoms with Gasteiger partial charge in [0.25, 0.3) is 0 Å². The number of aromatic nitrogens is 2. The molecule has 0 unspecified atom stereocenters. The number of hydrogen-bond donors (Lipinski definition) is 1. The van der Waals surface area contributed by atoms with Gasteiger partial charge in [-0.2, -0.15) is 0 Å². The molecule has 2 aromatic rings. The molecule has 0 radical (unpaired) electrons. The molecule has 0 aliphatic heterocycles. The zero-order valence-corrected chi connectivity index (χ0v) is 9.34. The van der Waals surface area contributed by atoms with Gasteiger partial charge in [-0.1, -0.05) is 11.3 Å². The Labute approximate surface area is 91.7 Å². The van der Waals surface area contributed by atoms with Crippen molar-refractivity contribution in [3.05, 3.63) is 23.2 Å². The van der Waals surface area contributed by atoms with Crippen LogP contribution in [0.4, 0.5) is 5.69 Å². The van der Waals surface area contributed by atoms with Crippen molar-refractivity contribution in [1.82, 2.24) is 10.2 Å². The van der Waals surface area contributed by atoms with Gasteiger partial charge in [-0.25, -0.2) is 0 Å². The van der Waals surface area contributed by atoms with Crippen LogP contribution in [0.1, 0.15) is 5.01 Å². The molecule has 0 saturated carbocycles. The van der Waals surface area contributed by atoms with E-state index in [9.17, 15) is 0 Å². The first-order valence-electron chi connectivity index (χ1n) is 4.44. The summed E-state index contributed by atoms with van der Waals surface area (Å²) in [7, 11) is 1.60. The highest BCUT2D eigenvalue weighted by atomic mass is 32.1. The molecule has 0 aliphatic rings. The maximum Gasteiger partial charge on any atom is 0.147 e. The average Bonchev–Trinajstić information content (AvgIpc) is 2.65. The van der Waals surface area contributed by atoms with E-state index in [-0.39, 0.29) is 0 Å². The van der Waals surface area contributed by atoms with Gasteiger partial charge in [0.2, 0.25) is 0 Å². The summed E-state index contributed by atoms with van der Waals surface area (Å²) in [6.07, 6.45) is 0. The molecule has 5 heteroatoms. The van der Waals surface area contributed by atoms with Crippen LogP contribution in [0, 0.1) is 6.92 Å². The van der Waals surface area contributed by atoms with E-state index in [1.54, 1.807) is 18.4 Å². The molecule has 78 valence electrons. The summed E-state index contributed by atoms with van der Waals surface area (Å²) in [5.41, 5.74) is 7.39. The first kappa shape index (κ1) is 9.92. The summed E-state index contributed by atoms with van der Waals surface area (Å²) in [5, 5.41) is 9.84. The molecule has 0 aliphatic carbocycles. The van der Waals surface area contributed by atoms with Crippen molar-refractivity contribution in [1.29, 1.82) is 0 Å². The van der Waals surface area contributed by atoms with Crippen molar-refractivity contribution in [2.45, 2.75) is 6.92 Å². The summed E-state index contributed by atoms with van der Waals surface area (Å²) in [5.74, 6) is 0.681. The molecule has 1 aromatic heterocycles. The Kier molecular flexibility index (Phi) is 2.55. The topological polar surface area (TPSA) is 61.0 Å². The minimum Gasteiger partial charge on any atom is -0.495 e. The Morgan fingerprint density at radius 3 is 2.67 bits per heavy atom. The van der Waals surface area contributed by atoms with Crippen LogP contribution in [0.25, 0.3) is 10.6 Å². The standard InChI is InChI=1S/C10H11N3OS/c1-6-12-13-10(15-6)7-3-4-9(14-2)8(11)5-7/h3-5H,11H2,1-2H3. The van der Waals surface area contributed by atoms with Gasteiger partial charge >= 0.3 is 0 Å². The Balaban J connectivity index is 2.42. The number of anilines is 1. The molecule has 0 atom stereocenters. The van der Waals surface area contributed by atoms with Gasteiger partial charge in [0, 0.05) is 5.56 Å². The Morgan fingerprint density at radius 2 is 2.13 bits per heavy atom. The van der Waals surface area contributed by atoms with Gasteiger partial charge in [0.1, 0.15) is 15.8 Å². The number of rotatable bonds is 2. The highest BCUT2D eigenvalue weighted by Gasteiger charge is 2.06. The molecular formula is C10H11N3OS. The quantitative estimate of drug-likeness (QED) is 0.789. The number of nitrogens with two attached hydrogens (primary N) is 1. The first-order chi connectivity index (χ1) is 7.20. The van der Waals surface area contributed by atoms with Crippen LogP contribution < -0.4 is 10.5 Å². The highest BCUT2D eigenvalue weighted by Crippen LogP contribution is 2.29. The van der Waals surface area contributed by atoms with Gasteiger partial charge in [0.15, 0.2) is 0 Å². The maximum absolute atomic E-state index is 5.81. The molecule has 1 heterocycles. The van der Waals surface area contributed by atoms with Crippen LogP contribution in [0.3, 0.4) is 0 Å². The van der Waals surface area contributed by atoms with Crippen LogP contribution >= 0.6 is 11.3 Å². The Bertz CT molecular complexity index is 481. The number of hydrogen-bond acceptors (Lipinski definition) is 5. The molecule has 0 spiro atoms. The fourth-order valence-electron chi connectivity index (χ4n) is 1.28. The fraction of sp³-hybridized carbons (Fsp3) is 0.200.